The van der Waals surface area contributed by atoms with Crippen molar-refractivity contribution in [2.45, 2.75) is 111 Å². The predicted octanol–water partition coefficient (Wildman–Crippen LogP) is 8.67. The second-order valence-electron chi connectivity index (χ2n) is 12.8. The van der Waals surface area contributed by atoms with Crippen molar-refractivity contribution in [1.29, 1.82) is 0 Å². The van der Waals surface area contributed by atoms with Crippen LogP contribution >= 0.6 is 0 Å². The van der Waals surface area contributed by atoms with E-state index in [9.17, 15) is 10.2 Å². The number of aryl methyl sites for hydroxylation is 2. The highest BCUT2D eigenvalue weighted by Gasteiger charge is 2.31. The minimum absolute atomic E-state index is 0.414. The Labute approximate surface area is 201 Å². The van der Waals surface area contributed by atoms with Crippen molar-refractivity contribution in [2.24, 2.45) is 10.8 Å². The number of phenols is 2. The normalized spacial score (nSPS) is 21.3. The smallest absolute Gasteiger partial charge is 0.122 e. The summed E-state index contributed by atoms with van der Waals surface area (Å²) in [5.41, 5.74) is 7.35. The van der Waals surface area contributed by atoms with E-state index in [0.717, 1.165) is 47.9 Å². The minimum atomic E-state index is 0.414. The van der Waals surface area contributed by atoms with E-state index in [0.29, 0.717) is 40.6 Å². The van der Waals surface area contributed by atoms with E-state index in [1.54, 1.807) is 0 Å². The van der Waals surface area contributed by atoms with Gasteiger partial charge in [0.05, 0.1) is 0 Å². The van der Waals surface area contributed by atoms with E-state index < -0.39 is 0 Å². The lowest BCUT2D eigenvalue weighted by Gasteiger charge is -2.35. The van der Waals surface area contributed by atoms with Gasteiger partial charge in [-0.1, -0.05) is 63.1 Å². The monoisotopic (exact) mass is 448 g/mol. The molecule has 0 aromatic heterocycles. The molecule has 2 aliphatic carbocycles. The Morgan fingerprint density at radius 1 is 0.636 bits per heavy atom. The molecule has 0 amide bonds. The Balaban J connectivity index is 1.62. The van der Waals surface area contributed by atoms with Crippen molar-refractivity contribution in [2.75, 3.05) is 0 Å². The molecule has 0 atom stereocenters. The summed E-state index contributed by atoms with van der Waals surface area (Å²) in [6, 6.07) is 8.59. The summed E-state index contributed by atoms with van der Waals surface area (Å²) in [7, 11) is 0. The Hall–Kier alpha value is -1.96. The first kappa shape index (κ1) is 24.2. The number of phenolic OH excluding ortho intramolecular Hbond substituents is 2. The van der Waals surface area contributed by atoms with Crippen molar-refractivity contribution in [3.63, 3.8) is 0 Å². The van der Waals surface area contributed by atoms with Crippen LogP contribution in [-0.2, 0) is 6.42 Å². The maximum atomic E-state index is 11.3. The lowest BCUT2D eigenvalue weighted by molar-refractivity contribution is 0.222. The topological polar surface area (TPSA) is 40.5 Å². The zero-order valence-electron chi connectivity index (χ0n) is 21.7. The number of hydrogen-bond donors (Lipinski definition) is 2. The van der Waals surface area contributed by atoms with Crippen LogP contribution in [0, 0.1) is 24.7 Å². The van der Waals surface area contributed by atoms with Crippen LogP contribution in [0.15, 0.2) is 24.3 Å². The SMILES string of the molecule is Cc1cc(Cc2cc(C)cc(C3CCC(C)(C)CC3)c2O)c(O)c(C2CCC(C)(C)CC2)c1. The van der Waals surface area contributed by atoms with Gasteiger partial charge in [-0.05, 0) is 110 Å². The molecule has 2 aromatic rings. The summed E-state index contributed by atoms with van der Waals surface area (Å²) in [6.45, 7) is 13.7. The van der Waals surface area contributed by atoms with Crippen LogP contribution < -0.4 is 0 Å². The quantitative estimate of drug-likeness (QED) is 0.491. The fourth-order valence-corrected chi connectivity index (χ4v) is 6.29. The molecular weight excluding hydrogens is 404 g/mol. The third-order valence-corrected chi connectivity index (χ3v) is 8.66. The van der Waals surface area contributed by atoms with Gasteiger partial charge in [0.1, 0.15) is 11.5 Å². The Morgan fingerprint density at radius 2 is 0.970 bits per heavy atom. The summed E-state index contributed by atoms with van der Waals surface area (Å²) in [6.07, 6.45) is 9.98. The van der Waals surface area contributed by atoms with Gasteiger partial charge < -0.3 is 10.2 Å². The number of aromatic hydroxyl groups is 2. The van der Waals surface area contributed by atoms with Gasteiger partial charge in [0.25, 0.3) is 0 Å². The molecule has 2 N–H and O–H groups in total. The highest BCUT2D eigenvalue weighted by atomic mass is 16.3. The van der Waals surface area contributed by atoms with Crippen LogP contribution in [0.4, 0.5) is 0 Å². The summed E-state index contributed by atoms with van der Waals surface area (Å²) in [5, 5.41) is 22.6. The molecule has 4 rings (SSSR count). The van der Waals surface area contributed by atoms with Crippen LogP contribution in [0.1, 0.15) is 124 Å². The summed E-state index contributed by atoms with van der Waals surface area (Å²) >= 11 is 0. The van der Waals surface area contributed by atoms with Crippen molar-refractivity contribution >= 4 is 0 Å². The third kappa shape index (κ3) is 5.42. The van der Waals surface area contributed by atoms with Gasteiger partial charge in [-0.15, -0.1) is 0 Å². The first-order valence-corrected chi connectivity index (χ1v) is 13.1. The molecule has 0 saturated heterocycles. The molecule has 2 aliphatic rings. The molecule has 0 bridgehead atoms. The second-order valence-corrected chi connectivity index (χ2v) is 12.8. The Morgan fingerprint density at radius 3 is 1.30 bits per heavy atom. The fraction of sp³-hybridized carbons (Fsp3) is 0.613. The van der Waals surface area contributed by atoms with E-state index in [2.05, 4.69) is 65.8 Å². The first-order valence-electron chi connectivity index (χ1n) is 13.1. The number of hydrogen-bond acceptors (Lipinski definition) is 2. The molecule has 0 heterocycles. The van der Waals surface area contributed by atoms with Crippen molar-refractivity contribution in [3.8, 4) is 11.5 Å². The maximum absolute atomic E-state index is 11.3. The van der Waals surface area contributed by atoms with Gasteiger partial charge in [-0.2, -0.15) is 0 Å². The van der Waals surface area contributed by atoms with E-state index in [1.807, 2.05) is 0 Å². The molecule has 33 heavy (non-hydrogen) atoms. The minimum Gasteiger partial charge on any atom is -0.507 e. The molecule has 2 nitrogen and oxygen atoms in total. The highest BCUT2D eigenvalue weighted by Crippen LogP contribution is 2.47. The molecule has 180 valence electrons. The molecule has 0 radical (unpaired) electrons. The van der Waals surface area contributed by atoms with Crippen LogP contribution in [0.25, 0.3) is 0 Å². The maximum Gasteiger partial charge on any atom is 0.122 e. The molecule has 2 heteroatoms. The molecule has 2 saturated carbocycles. The van der Waals surface area contributed by atoms with Gasteiger partial charge in [-0.25, -0.2) is 0 Å². The lowest BCUT2D eigenvalue weighted by Crippen LogP contribution is -2.20. The average Bonchev–Trinajstić information content (AvgIpc) is 2.73. The van der Waals surface area contributed by atoms with Crippen LogP contribution in [-0.4, -0.2) is 10.2 Å². The Bertz CT molecular complexity index is 913. The van der Waals surface area contributed by atoms with Crippen molar-refractivity contribution < 1.29 is 10.2 Å². The van der Waals surface area contributed by atoms with Crippen LogP contribution in [0.5, 0.6) is 11.5 Å². The molecule has 0 aliphatic heterocycles. The highest BCUT2D eigenvalue weighted by molar-refractivity contribution is 5.52. The van der Waals surface area contributed by atoms with E-state index in [4.69, 9.17) is 0 Å². The van der Waals surface area contributed by atoms with Gasteiger partial charge in [0.15, 0.2) is 0 Å². The Kier molecular flexibility index (Phi) is 6.60. The zero-order valence-corrected chi connectivity index (χ0v) is 21.7. The van der Waals surface area contributed by atoms with E-state index in [1.165, 1.54) is 36.8 Å². The molecule has 0 spiro atoms. The summed E-state index contributed by atoms with van der Waals surface area (Å²) in [4.78, 5) is 0. The van der Waals surface area contributed by atoms with Crippen molar-refractivity contribution in [3.05, 3.63) is 57.6 Å². The van der Waals surface area contributed by atoms with Gasteiger partial charge in [-0.3, -0.25) is 0 Å². The molecular formula is C31H44O2. The largest absolute Gasteiger partial charge is 0.507 e. The van der Waals surface area contributed by atoms with Crippen LogP contribution in [0.2, 0.25) is 0 Å². The van der Waals surface area contributed by atoms with E-state index in [-0.39, 0.29) is 0 Å². The van der Waals surface area contributed by atoms with E-state index >= 15 is 0 Å². The molecule has 0 unspecified atom stereocenters. The zero-order chi connectivity index (χ0) is 24.0. The molecule has 2 aromatic carbocycles. The van der Waals surface area contributed by atoms with Crippen LogP contribution in [0.3, 0.4) is 0 Å². The standard InChI is InChI=1S/C31H44O2/c1-20-15-24(28(32)26(17-20)22-7-11-30(3,4)12-8-22)19-25-16-21(2)18-27(29(25)33)23-9-13-31(5,6)14-10-23/h15-18,22-23,32-33H,7-14,19H2,1-6H3. The third-order valence-electron chi connectivity index (χ3n) is 8.66. The van der Waals surface area contributed by atoms with Crippen molar-refractivity contribution in [1.82, 2.24) is 0 Å². The van der Waals surface area contributed by atoms with Gasteiger partial charge in [0.2, 0.25) is 0 Å². The summed E-state index contributed by atoms with van der Waals surface area (Å²) < 4.78 is 0. The van der Waals surface area contributed by atoms with Gasteiger partial charge >= 0.3 is 0 Å². The summed E-state index contributed by atoms with van der Waals surface area (Å²) in [5.74, 6) is 1.77. The second kappa shape index (κ2) is 9.01. The number of rotatable bonds is 4. The van der Waals surface area contributed by atoms with Gasteiger partial charge in [0, 0.05) is 6.42 Å². The molecule has 2 fully saturated rings. The lowest BCUT2D eigenvalue weighted by atomic mass is 9.70. The first-order chi connectivity index (χ1) is 15.4. The average molecular weight is 449 g/mol. The fourth-order valence-electron chi connectivity index (χ4n) is 6.29. The predicted molar refractivity (Wildman–Crippen MR) is 138 cm³/mol. The number of benzene rings is 2.